The second kappa shape index (κ2) is 6.01. The van der Waals surface area contributed by atoms with Crippen LogP contribution in [-0.4, -0.2) is 45.4 Å². The highest BCUT2D eigenvalue weighted by molar-refractivity contribution is 5.94. The summed E-state index contributed by atoms with van der Waals surface area (Å²) >= 11 is 0. The number of ether oxygens (including phenoxy) is 2. The molecule has 0 amide bonds. The summed E-state index contributed by atoms with van der Waals surface area (Å²) in [5.41, 5.74) is -2.14. The first-order valence-electron chi connectivity index (χ1n) is 9.17. The molecule has 2 aliphatic carbocycles. The lowest BCUT2D eigenvalue weighted by molar-refractivity contribution is -0.270. The molecule has 0 spiro atoms. The van der Waals surface area contributed by atoms with Crippen molar-refractivity contribution < 1.29 is 34.1 Å². The smallest absolute Gasteiger partial charge is 0.336 e. The first-order chi connectivity index (χ1) is 12.4. The lowest BCUT2D eigenvalue weighted by Gasteiger charge is -2.59. The van der Waals surface area contributed by atoms with Crippen LogP contribution in [0.3, 0.4) is 0 Å². The van der Waals surface area contributed by atoms with Crippen LogP contribution >= 0.6 is 0 Å². The number of fused-ring (bicyclic) bond motifs is 2. The number of esters is 2. The highest BCUT2D eigenvalue weighted by Gasteiger charge is 2.71. The van der Waals surface area contributed by atoms with Crippen molar-refractivity contribution in [2.45, 2.75) is 71.4 Å². The molecule has 0 unspecified atom stereocenters. The Bertz CT molecular complexity index is 794. The van der Waals surface area contributed by atoms with E-state index in [2.05, 4.69) is 0 Å². The van der Waals surface area contributed by atoms with Gasteiger partial charge in [-0.15, -0.1) is 0 Å². The van der Waals surface area contributed by atoms with Crippen molar-refractivity contribution in [3.63, 3.8) is 0 Å². The second-order valence-corrected chi connectivity index (χ2v) is 8.15. The van der Waals surface area contributed by atoms with Crippen LogP contribution < -0.4 is 0 Å². The van der Waals surface area contributed by atoms with Gasteiger partial charge in [-0.1, -0.05) is 19.9 Å². The number of carbonyl (C=O) groups excluding carboxylic acids is 3. The molecule has 0 aromatic rings. The van der Waals surface area contributed by atoms with Crippen LogP contribution in [0.4, 0.5) is 0 Å². The largest absolute Gasteiger partial charge is 0.453 e. The Labute approximate surface area is 158 Å². The highest BCUT2D eigenvalue weighted by Crippen LogP contribution is 2.61. The number of allylic oxidation sites excluding steroid dienone is 1. The molecule has 148 valence electrons. The average molecular weight is 378 g/mol. The van der Waals surface area contributed by atoms with Gasteiger partial charge in [0.2, 0.25) is 5.79 Å². The van der Waals surface area contributed by atoms with Gasteiger partial charge in [0.15, 0.2) is 0 Å². The first kappa shape index (κ1) is 19.8. The van der Waals surface area contributed by atoms with E-state index in [1.807, 2.05) is 0 Å². The van der Waals surface area contributed by atoms with Crippen LogP contribution in [0.15, 0.2) is 22.8 Å². The minimum absolute atomic E-state index is 0.0556. The van der Waals surface area contributed by atoms with Crippen LogP contribution in [0, 0.1) is 11.3 Å². The van der Waals surface area contributed by atoms with Crippen molar-refractivity contribution in [1.29, 1.82) is 0 Å². The fraction of sp³-hybridized carbons (Fsp3) is 0.650. The van der Waals surface area contributed by atoms with Crippen molar-refractivity contribution in [1.82, 2.24) is 0 Å². The summed E-state index contributed by atoms with van der Waals surface area (Å²) in [7, 11) is 0. The van der Waals surface area contributed by atoms with Crippen molar-refractivity contribution in [3.05, 3.63) is 22.8 Å². The maximum atomic E-state index is 12.5. The Morgan fingerprint density at radius 1 is 1.33 bits per heavy atom. The van der Waals surface area contributed by atoms with Gasteiger partial charge in [0.25, 0.3) is 0 Å². The maximum Gasteiger partial charge on any atom is 0.336 e. The average Bonchev–Trinajstić information content (AvgIpc) is 2.82. The molecule has 0 aromatic heterocycles. The number of rotatable bonds is 2. The Hall–Kier alpha value is -1.99. The lowest BCUT2D eigenvalue weighted by Crippen LogP contribution is -2.69. The van der Waals surface area contributed by atoms with Crippen molar-refractivity contribution in [3.8, 4) is 0 Å². The molecule has 27 heavy (non-hydrogen) atoms. The van der Waals surface area contributed by atoms with Crippen molar-refractivity contribution >= 4 is 17.7 Å². The third kappa shape index (κ3) is 2.51. The molecule has 0 radical (unpaired) electrons. The zero-order chi connectivity index (χ0) is 20.4. The van der Waals surface area contributed by atoms with Crippen LogP contribution in [0.5, 0.6) is 0 Å². The van der Waals surface area contributed by atoms with Crippen LogP contribution in [0.25, 0.3) is 0 Å². The number of ketones is 1. The standard InChI is InChI=1S/C20H26O7/c1-6-10(2)16(22)26-15-14-11(3)17(23)27-20(14,25)9-19(24)8-7-13(21)12(4)18(15,19)5/h6,12,15,24-25H,7-9H2,1-5H3/b10-6-/t12-,15+,18-,19-,20-/m0/s1. The number of Topliss-reactive ketones (excluding diaryl/α,β-unsaturated/α-hetero) is 1. The first-order valence-corrected chi connectivity index (χ1v) is 9.17. The third-order valence-corrected chi connectivity index (χ3v) is 6.88. The van der Waals surface area contributed by atoms with Crippen molar-refractivity contribution in [2.24, 2.45) is 11.3 Å². The van der Waals surface area contributed by atoms with Gasteiger partial charge in [-0.2, -0.15) is 0 Å². The summed E-state index contributed by atoms with van der Waals surface area (Å²) in [6.45, 7) is 8.13. The van der Waals surface area contributed by atoms with Crippen molar-refractivity contribution in [2.75, 3.05) is 0 Å². The fourth-order valence-electron chi connectivity index (χ4n) is 4.72. The van der Waals surface area contributed by atoms with E-state index in [1.165, 1.54) is 6.92 Å². The molecular weight excluding hydrogens is 352 g/mol. The van der Waals surface area contributed by atoms with Crippen LogP contribution in [0.2, 0.25) is 0 Å². The second-order valence-electron chi connectivity index (χ2n) is 8.15. The lowest BCUT2D eigenvalue weighted by atomic mass is 9.49. The van der Waals surface area contributed by atoms with Gasteiger partial charge in [0.1, 0.15) is 11.9 Å². The van der Waals surface area contributed by atoms with Gasteiger partial charge in [0.05, 0.1) is 11.2 Å². The highest BCUT2D eigenvalue weighted by atomic mass is 16.7. The maximum absolute atomic E-state index is 12.5. The van der Waals surface area contributed by atoms with Crippen LogP contribution in [0.1, 0.15) is 53.9 Å². The zero-order valence-electron chi connectivity index (χ0n) is 16.3. The normalized spacial score (nSPS) is 41.8. The van der Waals surface area contributed by atoms with Gasteiger partial charge in [-0.05, 0) is 27.2 Å². The van der Waals surface area contributed by atoms with Gasteiger partial charge in [0, 0.05) is 35.3 Å². The molecule has 2 saturated carbocycles. The molecule has 7 nitrogen and oxygen atoms in total. The van der Waals surface area contributed by atoms with E-state index in [-0.39, 0.29) is 36.2 Å². The number of hydrogen-bond acceptors (Lipinski definition) is 7. The van der Waals surface area contributed by atoms with Gasteiger partial charge >= 0.3 is 11.9 Å². The molecule has 3 aliphatic rings. The Kier molecular flexibility index (Phi) is 4.40. The summed E-state index contributed by atoms with van der Waals surface area (Å²) < 4.78 is 10.9. The minimum Gasteiger partial charge on any atom is -0.453 e. The van der Waals surface area contributed by atoms with E-state index in [9.17, 15) is 24.6 Å². The SMILES string of the molecule is C/C=C(/C)C(=O)O[C@@H]1C2=C(C)C(=O)O[C@@]2(O)C[C@@]2(O)CCC(=O)[C@H](C)[C@@]12C. The van der Waals surface area contributed by atoms with Gasteiger partial charge < -0.3 is 19.7 Å². The molecule has 2 N–H and O–H groups in total. The molecule has 7 heteroatoms. The summed E-state index contributed by atoms with van der Waals surface area (Å²) in [5.74, 6) is -4.11. The third-order valence-electron chi connectivity index (χ3n) is 6.88. The van der Waals surface area contributed by atoms with Crippen LogP contribution in [-0.2, 0) is 23.9 Å². The Morgan fingerprint density at radius 2 is 1.96 bits per heavy atom. The predicted molar refractivity (Wildman–Crippen MR) is 94.1 cm³/mol. The van der Waals surface area contributed by atoms with E-state index >= 15 is 0 Å². The van der Waals surface area contributed by atoms with E-state index in [1.54, 1.807) is 33.8 Å². The summed E-state index contributed by atoms with van der Waals surface area (Å²) in [4.78, 5) is 37.2. The predicted octanol–water partition coefficient (Wildman–Crippen LogP) is 1.57. The molecule has 3 rings (SSSR count). The Morgan fingerprint density at radius 3 is 2.56 bits per heavy atom. The quantitative estimate of drug-likeness (QED) is 0.554. The molecule has 1 heterocycles. The Balaban J connectivity index is 2.22. The van der Waals surface area contributed by atoms with Gasteiger partial charge in [-0.25, -0.2) is 9.59 Å². The topological polar surface area (TPSA) is 110 Å². The number of hydrogen-bond donors (Lipinski definition) is 2. The van der Waals surface area contributed by atoms with E-state index in [0.29, 0.717) is 5.57 Å². The van der Waals surface area contributed by atoms with E-state index in [0.717, 1.165) is 0 Å². The zero-order valence-corrected chi connectivity index (χ0v) is 16.3. The summed E-state index contributed by atoms with van der Waals surface area (Å²) in [6.07, 6.45) is 0.385. The fourth-order valence-corrected chi connectivity index (χ4v) is 4.72. The summed E-state index contributed by atoms with van der Waals surface area (Å²) in [6, 6.07) is 0. The molecule has 0 aromatic carbocycles. The van der Waals surface area contributed by atoms with E-state index < -0.39 is 40.8 Å². The minimum atomic E-state index is -2.05. The summed E-state index contributed by atoms with van der Waals surface area (Å²) in [5, 5.41) is 22.5. The molecular formula is C20H26O7. The molecule has 0 bridgehead atoms. The number of carbonyl (C=O) groups is 3. The van der Waals surface area contributed by atoms with E-state index in [4.69, 9.17) is 9.47 Å². The molecule has 5 atom stereocenters. The monoisotopic (exact) mass is 378 g/mol. The molecule has 2 fully saturated rings. The molecule has 1 aliphatic heterocycles. The number of aliphatic hydroxyl groups is 2. The van der Waals surface area contributed by atoms with Gasteiger partial charge in [-0.3, -0.25) is 4.79 Å². The molecule has 0 saturated heterocycles.